The lowest BCUT2D eigenvalue weighted by atomic mass is 10.1. The van der Waals surface area contributed by atoms with Gasteiger partial charge in [-0.05, 0) is 31.7 Å². The van der Waals surface area contributed by atoms with Crippen LogP contribution in [0.4, 0.5) is 0 Å². The molecule has 0 radical (unpaired) electrons. The van der Waals surface area contributed by atoms with Gasteiger partial charge in [-0.2, -0.15) is 0 Å². The number of nitrogens with one attached hydrogen (secondary N) is 1. The third-order valence-electron chi connectivity index (χ3n) is 3.50. The van der Waals surface area contributed by atoms with Crippen LogP contribution in [0.25, 0.3) is 0 Å². The molecule has 0 aliphatic heterocycles. The predicted molar refractivity (Wildman–Crippen MR) is 70.1 cm³/mol. The van der Waals surface area contributed by atoms with Crippen molar-refractivity contribution in [2.45, 2.75) is 70.8 Å². The molecule has 17 heavy (non-hydrogen) atoms. The van der Waals surface area contributed by atoms with Gasteiger partial charge in [0.2, 0.25) is 0 Å². The van der Waals surface area contributed by atoms with Crippen LogP contribution in [-0.2, 0) is 4.79 Å². The van der Waals surface area contributed by atoms with Gasteiger partial charge in [0.15, 0.2) is 0 Å². The molecule has 0 aromatic carbocycles. The van der Waals surface area contributed by atoms with Gasteiger partial charge in [0.25, 0.3) is 0 Å². The van der Waals surface area contributed by atoms with E-state index in [2.05, 4.69) is 12.2 Å². The second kappa shape index (κ2) is 8.51. The normalized spacial score (nSPS) is 17.0. The molecule has 0 aromatic heterocycles. The van der Waals surface area contributed by atoms with Gasteiger partial charge in [0.05, 0.1) is 0 Å². The molecule has 3 heteroatoms. The van der Waals surface area contributed by atoms with E-state index in [4.69, 9.17) is 5.11 Å². The van der Waals surface area contributed by atoms with E-state index in [0.29, 0.717) is 5.92 Å². The Labute approximate surface area is 105 Å². The van der Waals surface area contributed by atoms with E-state index in [1.165, 1.54) is 38.5 Å². The van der Waals surface area contributed by atoms with Crippen molar-refractivity contribution in [3.05, 3.63) is 0 Å². The first kappa shape index (κ1) is 14.5. The fraction of sp³-hybridized carbons (Fsp3) is 0.929. The zero-order chi connectivity index (χ0) is 12.5. The van der Waals surface area contributed by atoms with Crippen LogP contribution < -0.4 is 5.32 Å². The first-order valence-electron chi connectivity index (χ1n) is 7.22. The summed E-state index contributed by atoms with van der Waals surface area (Å²) in [5.41, 5.74) is 0. The maximum Gasteiger partial charge on any atom is 0.320 e. The fourth-order valence-electron chi connectivity index (χ4n) is 2.22. The summed E-state index contributed by atoms with van der Waals surface area (Å²) in [4.78, 5) is 11.0. The van der Waals surface area contributed by atoms with Crippen molar-refractivity contribution in [3.63, 3.8) is 0 Å². The molecule has 1 rings (SSSR count). The van der Waals surface area contributed by atoms with Crippen molar-refractivity contribution in [1.29, 1.82) is 0 Å². The van der Waals surface area contributed by atoms with Crippen molar-refractivity contribution in [1.82, 2.24) is 5.32 Å². The molecule has 1 unspecified atom stereocenters. The molecule has 0 saturated heterocycles. The molecule has 1 saturated carbocycles. The van der Waals surface area contributed by atoms with Crippen LogP contribution in [0.3, 0.4) is 0 Å². The summed E-state index contributed by atoms with van der Waals surface area (Å²) < 4.78 is 0. The van der Waals surface area contributed by atoms with Crippen molar-refractivity contribution in [3.8, 4) is 0 Å². The molecule has 0 spiro atoms. The van der Waals surface area contributed by atoms with Crippen LogP contribution in [0.1, 0.15) is 64.7 Å². The molecule has 0 amide bonds. The summed E-state index contributed by atoms with van der Waals surface area (Å²) in [7, 11) is 0. The summed E-state index contributed by atoms with van der Waals surface area (Å²) in [6, 6.07) is -0.282. The number of rotatable bonds is 11. The van der Waals surface area contributed by atoms with E-state index < -0.39 is 5.97 Å². The average Bonchev–Trinajstić information content (AvgIpc) is 3.10. The van der Waals surface area contributed by atoms with Gasteiger partial charge in [-0.1, -0.05) is 45.4 Å². The van der Waals surface area contributed by atoms with Crippen molar-refractivity contribution in [2.75, 3.05) is 6.54 Å². The Balaban J connectivity index is 1.90. The largest absolute Gasteiger partial charge is 0.480 e. The van der Waals surface area contributed by atoms with E-state index >= 15 is 0 Å². The summed E-state index contributed by atoms with van der Waals surface area (Å²) >= 11 is 0. The van der Waals surface area contributed by atoms with E-state index in [1.54, 1.807) is 0 Å². The van der Waals surface area contributed by atoms with Crippen molar-refractivity contribution < 1.29 is 9.90 Å². The lowest BCUT2D eigenvalue weighted by Crippen LogP contribution is -2.39. The maximum atomic E-state index is 11.0. The van der Waals surface area contributed by atoms with Crippen molar-refractivity contribution >= 4 is 5.97 Å². The van der Waals surface area contributed by atoms with E-state index in [1.807, 2.05) is 0 Å². The van der Waals surface area contributed by atoms with Crippen LogP contribution in [0, 0.1) is 5.92 Å². The second-order valence-corrected chi connectivity index (χ2v) is 5.23. The highest BCUT2D eigenvalue weighted by molar-refractivity contribution is 5.74. The molecular weight excluding hydrogens is 214 g/mol. The van der Waals surface area contributed by atoms with Gasteiger partial charge in [-0.3, -0.25) is 4.79 Å². The molecule has 1 aliphatic rings. The van der Waals surface area contributed by atoms with E-state index in [9.17, 15) is 4.79 Å². The Morgan fingerprint density at radius 3 is 2.29 bits per heavy atom. The number of carbonyl (C=O) groups is 1. The minimum atomic E-state index is -0.671. The van der Waals surface area contributed by atoms with Crippen LogP contribution >= 0.6 is 0 Å². The molecule has 0 aromatic rings. The quantitative estimate of drug-likeness (QED) is 0.546. The van der Waals surface area contributed by atoms with E-state index in [0.717, 1.165) is 25.8 Å². The molecule has 3 nitrogen and oxygen atoms in total. The number of hydrogen-bond acceptors (Lipinski definition) is 2. The monoisotopic (exact) mass is 241 g/mol. The van der Waals surface area contributed by atoms with Gasteiger partial charge in [-0.15, -0.1) is 0 Å². The highest BCUT2D eigenvalue weighted by atomic mass is 16.4. The molecule has 1 atom stereocenters. The molecular formula is C14H27NO2. The molecule has 100 valence electrons. The van der Waals surface area contributed by atoms with Crippen molar-refractivity contribution in [2.24, 2.45) is 5.92 Å². The van der Waals surface area contributed by atoms with Gasteiger partial charge in [0, 0.05) is 0 Å². The summed E-state index contributed by atoms with van der Waals surface area (Å²) in [5, 5.41) is 12.2. The minimum absolute atomic E-state index is 0.282. The second-order valence-electron chi connectivity index (χ2n) is 5.23. The van der Waals surface area contributed by atoms with Crippen LogP contribution in [0.15, 0.2) is 0 Å². The lowest BCUT2D eigenvalue weighted by molar-refractivity contribution is -0.140. The third-order valence-corrected chi connectivity index (χ3v) is 3.50. The molecule has 1 fully saturated rings. The topological polar surface area (TPSA) is 49.3 Å². The Kier molecular flexibility index (Phi) is 7.25. The van der Waals surface area contributed by atoms with Gasteiger partial charge >= 0.3 is 5.97 Å². The predicted octanol–water partition coefficient (Wildman–Crippen LogP) is 3.19. The Hall–Kier alpha value is -0.570. The molecule has 0 heterocycles. The van der Waals surface area contributed by atoms with Gasteiger partial charge in [-0.25, -0.2) is 0 Å². The minimum Gasteiger partial charge on any atom is -0.480 e. The standard InChI is InChI=1S/C14H27NO2/c1-2-3-4-5-6-7-8-11-15-13(14(16)17)12-9-10-12/h12-13,15H,2-11H2,1H3,(H,16,17). The molecule has 2 N–H and O–H groups in total. The number of hydrogen-bond donors (Lipinski definition) is 2. The maximum absolute atomic E-state index is 11.0. The molecule has 1 aliphatic carbocycles. The Bertz CT molecular complexity index is 214. The summed E-state index contributed by atoms with van der Waals surface area (Å²) in [6.45, 7) is 3.09. The van der Waals surface area contributed by atoms with E-state index in [-0.39, 0.29) is 6.04 Å². The number of carboxylic acids is 1. The summed E-state index contributed by atoms with van der Waals surface area (Å²) in [6.07, 6.45) is 11.1. The van der Waals surface area contributed by atoms with Crippen LogP contribution in [0.2, 0.25) is 0 Å². The number of carboxylic acid groups (broad SMARTS) is 1. The zero-order valence-electron chi connectivity index (χ0n) is 11.1. The van der Waals surface area contributed by atoms with Gasteiger partial charge < -0.3 is 10.4 Å². The Morgan fingerprint density at radius 2 is 1.76 bits per heavy atom. The smallest absolute Gasteiger partial charge is 0.320 e. The first-order chi connectivity index (χ1) is 8.25. The molecule has 0 bridgehead atoms. The average molecular weight is 241 g/mol. The highest BCUT2D eigenvalue weighted by Crippen LogP contribution is 2.32. The zero-order valence-corrected chi connectivity index (χ0v) is 11.1. The van der Waals surface area contributed by atoms with Gasteiger partial charge in [0.1, 0.15) is 6.04 Å². The summed E-state index contributed by atoms with van der Waals surface area (Å²) in [5.74, 6) is -0.271. The number of aliphatic carboxylic acids is 1. The van der Waals surface area contributed by atoms with Crippen LogP contribution in [0.5, 0.6) is 0 Å². The lowest BCUT2D eigenvalue weighted by Gasteiger charge is -2.13. The third kappa shape index (κ3) is 6.67. The highest BCUT2D eigenvalue weighted by Gasteiger charge is 2.35. The fourth-order valence-corrected chi connectivity index (χ4v) is 2.22. The first-order valence-corrected chi connectivity index (χ1v) is 7.22. The van der Waals surface area contributed by atoms with Crippen LogP contribution in [-0.4, -0.2) is 23.7 Å². The Morgan fingerprint density at radius 1 is 1.18 bits per heavy atom. The number of unbranched alkanes of at least 4 members (excludes halogenated alkanes) is 6. The SMILES string of the molecule is CCCCCCCCCNC(C(=O)O)C1CC1.